The van der Waals surface area contributed by atoms with Gasteiger partial charge >= 0.3 is 5.97 Å². The van der Waals surface area contributed by atoms with Gasteiger partial charge in [-0.25, -0.2) is 9.97 Å². The van der Waals surface area contributed by atoms with E-state index in [2.05, 4.69) is 34.2 Å². The molecule has 7 nitrogen and oxygen atoms in total. The first-order valence-electron chi connectivity index (χ1n) is 10.8. The van der Waals surface area contributed by atoms with E-state index in [9.17, 15) is 9.90 Å². The molecule has 7 heteroatoms. The lowest BCUT2D eigenvalue weighted by molar-refractivity contribution is -0.149. The molecule has 3 N–H and O–H groups in total. The van der Waals surface area contributed by atoms with E-state index >= 15 is 0 Å². The molecule has 0 aliphatic carbocycles. The van der Waals surface area contributed by atoms with Crippen molar-refractivity contribution in [2.45, 2.75) is 26.8 Å². The van der Waals surface area contributed by atoms with Crippen LogP contribution in [0.3, 0.4) is 0 Å². The summed E-state index contributed by atoms with van der Waals surface area (Å²) in [5.41, 5.74) is 9.59. The van der Waals surface area contributed by atoms with E-state index in [0.29, 0.717) is 5.65 Å². The third-order valence-electron chi connectivity index (χ3n) is 6.64. The first-order valence-corrected chi connectivity index (χ1v) is 10.8. The summed E-state index contributed by atoms with van der Waals surface area (Å²) >= 11 is 0. The molecule has 1 unspecified atom stereocenters. The largest absolute Gasteiger partial charge is 0.481 e. The number of benzene rings is 2. The molecule has 0 fully saturated rings. The molecule has 0 aliphatic rings. The summed E-state index contributed by atoms with van der Waals surface area (Å²) in [6.45, 7) is 5.36. The number of aromatic nitrogens is 4. The van der Waals surface area contributed by atoms with Crippen LogP contribution in [0.15, 0.2) is 73.3 Å². The van der Waals surface area contributed by atoms with Gasteiger partial charge in [0.25, 0.3) is 0 Å². The molecular weight excluding hydrogens is 414 g/mol. The highest BCUT2D eigenvalue weighted by molar-refractivity contribution is 5.91. The zero-order chi connectivity index (χ0) is 23.3. The van der Waals surface area contributed by atoms with Crippen molar-refractivity contribution in [1.29, 1.82) is 0 Å². The van der Waals surface area contributed by atoms with Crippen molar-refractivity contribution < 1.29 is 9.90 Å². The van der Waals surface area contributed by atoms with Crippen molar-refractivity contribution in [1.82, 2.24) is 19.1 Å². The van der Waals surface area contributed by atoms with Crippen molar-refractivity contribution in [2.24, 2.45) is 5.41 Å². The molecule has 0 radical (unpaired) electrons. The average Bonchev–Trinajstić information content (AvgIpc) is 3.42. The lowest BCUT2D eigenvalue weighted by atomic mass is 9.85. The maximum atomic E-state index is 11.8. The number of carboxylic acids is 1. The zero-order valence-electron chi connectivity index (χ0n) is 18.7. The molecule has 3 heterocycles. The van der Waals surface area contributed by atoms with Gasteiger partial charge in [-0.1, -0.05) is 24.3 Å². The average molecular weight is 440 g/mol. The second-order valence-electron chi connectivity index (χ2n) is 8.95. The quantitative estimate of drug-likeness (QED) is 0.362. The number of carboxylic acid groups (broad SMARTS) is 1. The minimum Gasteiger partial charge on any atom is -0.481 e. The van der Waals surface area contributed by atoms with Crippen LogP contribution in [-0.4, -0.2) is 30.2 Å². The first kappa shape index (κ1) is 20.8. The first-order chi connectivity index (χ1) is 15.8. The Bertz CT molecular complexity index is 1510. The molecule has 3 aromatic heterocycles. The van der Waals surface area contributed by atoms with Gasteiger partial charge in [-0.2, -0.15) is 0 Å². The summed E-state index contributed by atoms with van der Waals surface area (Å²) in [6, 6.07) is 17.8. The van der Waals surface area contributed by atoms with Gasteiger partial charge in [-0.3, -0.25) is 4.79 Å². The number of nitrogen functional groups attached to an aromatic ring is 1. The Kier molecular flexibility index (Phi) is 4.70. The minimum atomic E-state index is -0.955. The molecule has 2 aromatic carbocycles. The number of fused-ring (bicyclic) bond motifs is 2. The number of hydrogen-bond donors (Lipinski definition) is 2. The van der Waals surface area contributed by atoms with Gasteiger partial charge in [-0.15, -0.1) is 0 Å². The maximum absolute atomic E-state index is 11.8. The Balaban J connectivity index is 1.66. The Morgan fingerprint density at radius 3 is 2.58 bits per heavy atom. The van der Waals surface area contributed by atoms with Gasteiger partial charge < -0.3 is 20.0 Å². The molecule has 0 saturated heterocycles. The number of nitrogens with zero attached hydrogens (tertiary/aromatic N) is 4. The summed E-state index contributed by atoms with van der Waals surface area (Å²) in [5, 5.41) is 11.6. The van der Waals surface area contributed by atoms with Crippen molar-refractivity contribution in [2.75, 3.05) is 5.73 Å². The van der Waals surface area contributed by atoms with Crippen LogP contribution in [0, 0.1) is 5.41 Å². The molecule has 0 aliphatic heterocycles. The fourth-order valence-corrected chi connectivity index (χ4v) is 4.20. The molecule has 33 heavy (non-hydrogen) atoms. The summed E-state index contributed by atoms with van der Waals surface area (Å²) in [4.78, 5) is 20.9. The summed E-state index contributed by atoms with van der Waals surface area (Å²) in [7, 11) is 0. The van der Waals surface area contributed by atoms with Crippen molar-refractivity contribution >= 4 is 33.6 Å². The fourth-order valence-electron chi connectivity index (χ4n) is 4.20. The van der Waals surface area contributed by atoms with Gasteiger partial charge in [0.1, 0.15) is 17.8 Å². The van der Waals surface area contributed by atoms with Gasteiger partial charge in [-0.05, 0) is 62.2 Å². The Labute approximate surface area is 191 Å². The monoisotopic (exact) mass is 439 g/mol. The van der Waals surface area contributed by atoms with E-state index < -0.39 is 11.4 Å². The van der Waals surface area contributed by atoms with E-state index in [-0.39, 0.29) is 6.04 Å². The maximum Gasteiger partial charge on any atom is 0.311 e. The molecule has 0 bridgehead atoms. The molecule has 5 rings (SSSR count). The van der Waals surface area contributed by atoms with Crippen LogP contribution in [0.1, 0.15) is 26.8 Å². The van der Waals surface area contributed by atoms with Crippen LogP contribution < -0.4 is 5.73 Å². The predicted molar refractivity (Wildman–Crippen MR) is 130 cm³/mol. The van der Waals surface area contributed by atoms with E-state index in [1.807, 2.05) is 58.8 Å². The number of rotatable bonds is 5. The summed E-state index contributed by atoms with van der Waals surface area (Å²) < 4.78 is 3.96. The zero-order valence-corrected chi connectivity index (χ0v) is 18.7. The molecular formula is C26H25N5O2. The second-order valence-corrected chi connectivity index (χ2v) is 8.95. The van der Waals surface area contributed by atoms with Crippen LogP contribution in [0.4, 0.5) is 5.69 Å². The van der Waals surface area contributed by atoms with E-state index in [1.165, 1.54) is 6.33 Å². The number of nitrogens with two attached hydrogens (primary N) is 1. The molecule has 1 atom stereocenters. The fraction of sp³-hybridized carbons (Fsp3) is 0.192. The minimum absolute atomic E-state index is 0.299. The number of hydrogen-bond acceptors (Lipinski definition) is 4. The van der Waals surface area contributed by atoms with Crippen LogP contribution in [0.5, 0.6) is 0 Å². The number of carbonyl (C=O) groups is 1. The van der Waals surface area contributed by atoms with Crippen LogP contribution in [0.2, 0.25) is 0 Å². The summed E-state index contributed by atoms with van der Waals surface area (Å²) in [6.07, 6.45) is 5.42. The van der Waals surface area contributed by atoms with Crippen LogP contribution >= 0.6 is 0 Å². The van der Waals surface area contributed by atoms with Crippen molar-refractivity contribution in [3.63, 3.8) is 0 Å². The lowest BCUT2D eigenvalue weighted by Crippen LogP contribution is -2.32. The summed E-state index contributed by atoms with van der Waals surface area (Å²) in [5.74, 6) is -0.101. The topological polar surface area (TPSA) is 99.0 Å². The molecule has 0 saturated carbocycles. The highest BCUT2D eigenvalue weighted by atomic mass is 16.4. The molecule has 5 aromatic rings. The molecule has 0 spiro atoms. The third-order valence-corrected chi connectivity index (χ3v) is 6.64. The Hall–Kier alpha value is -4.13. The molecule has 0 amide bonds. The number of anilines is 1. The van der Waals surface area contributed by atoms with Gasteiger partial charge in [0.2, 0.25) is 0 Å². The highest BCUT2D eigenvalue weighted by Crippen LogP contribution is 2.35. The van der Waals surface area contributed by atoms with E-state index in [0.717, 1.165) is 38.9 Å². The van der Waals surface area contributed by atoms with Gasteiger partial charge in [0, 0.05) is 29.5 Å². The third kappa shape index (κ3) is 3.33. The van der Waals surface area contributed by atoms with E-state index in [4.69, 9.17) is 5.73 Å². The number of aliphatic carboxylic acids is 1. The van der Waals surface area contributed by atoms with Gasteiger partial charge in [0.15, 0.2) is 0 Å². The van der Waals surface area contributed by atoms with Crippen molar-refractivity contribution in [3.05, 3.63) is 73.3 Å². The standard InChI is InChI=1S/C26H25N5O2/c1-16(26(2,3)25(32)33)30-12-10-21-23(30)28-15-29-24(21)31-11-9-17-7-8-19(14-22(17)31)18-5-4-6-20(27)13-18/h4-16H,27H2,1-3H3,(H,32,33). The van der Waals surface area contributed by atoms with Gasteiger partial charge in [0.05, 0.1) is 16.3 Å². The second kappa shape index (κ2) is 7.48. The predicted octanol–water partition coefficient (Wildman–Crippen LogP) is 5.30. The van der Waals surface area contributed by atoms with E-state index in [1.54, 1.807) is 13.8 Å². The smallest absolute Gasteiger partial charge is 0.311 e. The SMILES string of the molecule is CC(n1ccc2c(-n3ccc4ccc(-c5cccc(N)c5)cc43)ncnc21)C(C)(C)C(=O)O. The Morgan fingerprint density at radius 2 is 1.82 bits per heavy atom. The normalized spacial score (nSPS) is 12.9. The molecule has 166 valence electrons. The van der Waals surface area contributed by atoms with Crippen LogP contribution in [-0.2, 0) is 4.79 Å². The highest BCUT2D eigenvalue weighted by Gasteiger charge is 2.35. The Morgan fingerprint density at radius 1 is 1.03 bits per heavy atom. The van der Waals surface area contributed by atoms with Crippen molar-refractivity contribution in [3.8, 4) is 16.9 Å². The van der Waals surface area contributed by atoms with Crippen LogP contribution in [0.25, 0.3) is 38.9 Å². The lowest BCUT2D eigenvalue weighted by Gasteiger charge is -2.28.